The second kappa shape index (κ2) is 5.30. The van der Waals surface area contributed by atoms with Gasteiger partial charge in [-0.3, -0.25) is 4.57 Å². The number of thioether (sulfide) groups is 1. The molecule has 17 heavy (non-hydrogen) atoms. The summed E-state index contributed by atoms with van der Waals surface area (Å²) in [6, 6.07) is 0. The Labute approximate surface area is 102 Å². The molecular weight excluding hydrogens is 242 g/mol. The smallest absolute Gasteiger partial charge is 0.191 e. The molecule has 0 aliphatic carbocycles. The number of imidazole rings is 1. The predicted octanol–water partition coefficient (Wildman–Crippen LogP) is 0.0968. The Kier molecular flexibility index (Phi) is 3.77. The summed E-state index contributed by atoms with van der Waals surface area (Å²) in [4.78, 5) is 12.6. The van der Waals surface area contributed by atoms with E-state index in [1.807, 2.05) is 6.26 Å². The molecule has 2 aromatic heterocycles. The zero-order valence-corrected chi connectivity index (χ0v) is 10.1. The summed E-state index contributed by atoms with van der Waals surface area (Å²) in [5, 5.41) is 9.23. The van der Waals surface area contributed by atoms with Crippen LogP contribution >= 0.6 is 11.8 Å². The van der Waals surface area contributed by atoms with Crippen LogP contribution in [-0.4, -0.2) is 44.1 Å². The Morgan fingerprint density at radius 3 is 3.06 bits per heavy atom. The molecule has 2 rings (SSSR count). The van der Waals surface area contributed by atoms with Crippen LogP contribution < -0.4 is 5.73 Å². The molecule has 0 bridgehead atoms. The van der Waals surface area contributed by atoms with Crippen molar-refractivity contribution in [1.29, 1.82) is 0 Å². The van der Waals surface area contributed by atoms with E-state index in [0.29, 0.717) is 22.1 Å². The van der Waals surface area contributed by atoms with Crippen molar-refractivity contribution in [1.82, 2.24) is 19.5 Å². The lowest BCUT2D eigenvalue weighted by Gasteiger charge is -2.05. The van der Waals surface area contributed by atoms with Gasteiger partial charge in [0.1, 0.15) is 12.2 Å². The van der Waals surface area contributed by atoms with E-state index in [0.717, 1.165) is 0 Å². The molecule has 0 aliphatic rings. The summed E-state index contributed by atoms with van der Waals surface area (Å²) in [6.07, 6.45) is 3.47. The maximum Gasteiger partial charge on any atom is 0.191 e. The van der Waals surface area contributed by atoms with E-state index in [1.54, 1.807) is 10.9 Å². The third-order valence-electron chi connectivity index (χ3n) is 2.12. The molecule has 0 aliphatic heterocycles. The number of anilines is 1. The lowest BCUT2D eigenvalue weighted by molar-refractivity contribution is 0.0498. The van der Waals surface area contributed by atoms with Crippen molar-refractivity contribution in [3.8, 4) is 0 Å². The SMILES string of the molecule is CSc1nc(N)c2ncn(COCCO)c2n1. The minimum absolute atomic E-state index is 0.0141. The van der Waals surface area contributed by atoms with Crippen LogP contribution in [0.1, 0.15) is 0 Å². The van der Waals surface area contributed by atoms with Crippen LogP contribution in [0.2, 0.25) is 0 Å². The summed E-state index contributed by atoms with van der Waals surface area (Å²) >= 11 is 1.41. The highest BCUT2D eigenvalue weighted by Crippen LogP contribution is 2.19. The van der Waals surface area contributed by atoms with E-state index in [1.165, 1.54) is 11.8 Å². The number of nitrogen functional groups attached to an aromatic ring is 1. The number of rotatable bonds is 5. The van der Waals surface area contributed by atoms with Crippen LogP contribution in [0, 0.1) is 0 Å². The highest BCUT2D eigenvalue weighted by molar-refractivity contribution is 7.98. The second-order valence-corrected chi connectivity index (χ2v) is 4.02. The topological polar surface area (TPSA) is 99.1 Å². The molecule has 92 valence electrons. The van der Waals surface area contributed by atoms with Gasteiger partial charge in [-0.1, -0.05) is 11.8 Å². The average molecular weight is 255 g/mol. The molecule has 3 N–H and O–H groups in total. The van der Waals surface area contributed by atoms with E-state index >= 15 is 0 Å². The molecule has 0 aromatic carbocycles. The molecule has 0 amide bonds. The first-order chi connectivity index (χ1) is 8.26. The predicted molar refractivity (Wildman–Crippen MR) is 64.6 cm³/mol. The Balaban J connectivity index is 2.33. The van der Waals surface area contributed by atoms with Crippen molar-refractivity contribution in [2.24, 2.45) is 0 Å². The first-order valence-corrected chi connectivity index (χ1v) is 6.19. The summed E-state index contributed by atoms with van der Waals surface area (Å²) in [6.45, 7) is 0.538. The highest BCUT2D eigenvalue weighted by atomic mass is 32.2. The second-order valence-electron chi connectivity index (χ2n) is 3.24. The number of fused-ring (bicyclic) bond motifs is 1. The highest BCUT2D eigenvalue weighted by Gasteiger charge is 2.10. The van der Waals surface area contributed by atoms with Crippen LogP contribution in [0.4, 0.5) is 5.82 Å². The van der Waals surface area contributed by atoms with E-state index in [4.69, 9.17) is 15.6 Å². The fourth-order valence-electron chi connectivity index (χ4n) is 1.36. The number of aliphatic hydroxyl groups excluding tert-OH is 1. The van der Waals surface area contributed by atoms with Crippen LogP contribution in [0.15, 0.2) is 11.5 Å². The Bertz CT molecular complexity index is 515. The van der Waals surface area contributed by atoms with Gasteiger partial charge in [0, 0.05) is 0 Å². The molecule has 2 heterocycles. The van der Waals surface area contributed by atoms with Gasteiger partial charge < -0.3 is 15.6 Å². The lowest BCUT2D eigenvalue weighted by Crippen LogP contribution is -2.06. The first kappa shape index (κ1) is 12.1. The van der Waals surface area contributed by atoms with Crippen LogP contribution in [0.5, 0.6) is 0 Å². The standard InChI is InChI=1S/C9H13N5O2S/c1-17-9-12-7(10)6-8(13-9)14(4-11-6)5-16-3-2-15/h4,15H,2-3,5H2,1H3,(H2,10,12,13). The zero-order valence-electron chi connectivity index (χ0n) is 9.33. The lowest BCUT2D eigenvalue weighted by atomic mass is 10.5. The number of nitrogens with two attached hydrogens (primary N) is 1. The normalized spacial score (nSPS) is 11.2. The molecule has 0 spiro atoms. The Morgan fingerprint density at radius 2 is 2.35 bits per heavy atom. The number of aliphatic hydroxyl groups is 1. The van der Waals surface area contributed by atoms with Crippen molar-refractivity contribution < 1.29 is 9.84 Å². The Morgan fingerprint density at radius 1 is 1.53 bits per heavy atom. The molecular formula is C9H13N5O2S. The molecule has 0 unspecified atom stereocenters. The number of hydrogen-bond acceptors (Lipinski definition) is 7. The minimum Gasteiger partial charge on any atom is -0.394 e. The van der Waals surface area contributed by atoms with Gasteiger partial charge in [-0.2, -0.15) is 0 Å². The summed E-state index contributed by atoms with van der Waals surface area (Å²) in [7, 11) is 0. The summed E-state index contributed by atoms with van der Waals surface area (Å²) in [5.74, 6) is 0.361. The van der Waals surface area contributed by atoms with Crippen molar-refractivity contribution in [3.63, 3.8) is 0 Å². The number of nitrogens with zero attached hydrogens (tertiary/aromatic N) is 4. The molecule has 0 saturated heterocycles. The molecule has 0 saturated carbocycles. The third kappa shape index (κ3) is 2.48. The fraction of sp³-hybridized carbons (Fsp3) is 0.444. The molecule has 2 aromatic rings. The average Bonchev–Trinajstić information content (AvgIpc) is 2.73. The first-order valence-electron chi connectivity index (χ1n) is 4.97. The maximum absolute atomic E-state index is 8.64. The summed E-state index contributed by atoms with van der Waals surface area (Å²) < 4.78 is 6.94. The van der Waals surface area contributed by atoms with Gasteiger partial charge in [0.05, 0.1) is 19.5 Å². The van der Waals surface area contributed by atoms with Gasteiger partial charge in [-0.15, -0.1) is 0 Å². The molecule has 0 atom stereocenters. The van der Waals surface area contributed by atoms with Gasteiger partial charge in [-0.05, 0) is 6.26 Å². The van der Waals surface area contributed by atoms with Crippen molar-refractivity contribution in [2.75, 3.05) is 25.2 Å². The quantitative estimate of drug-likeness (QED) is 0.444. The van der Waals surface area contributed by atoms with Crippen molar-refractivity contribution in [3.05, 3.63) is 6.33 Å². The van der Waals surface area contributed by atoms with Crippen molar-refractivity contribution in [2.45, 2.75) is 11.9 Å². The fourth-order valence-corrected chi connectivity index (χ4v) is 1.73. The number of aromatic nitrogens is 4. The van der Waals surface area contributed by atoms with Crippen LogP contribution in [0.3, 0.4) is 0 Å². The van der Waals surface area contributed by atoms with Gasteiger partial charge in [0.2, 0.25) is 0 Å². The largest absolute Gasteiger partial charge is 0.394 e. The van der Waals surface area contributed by atoms with E-state index in [2.05, 4.69) is 15.0 Å². The van der Waals surface area contributed by atoms with E-state index in [9.17, 15) is 0 Å². The van der Waals surface area contributed by atoms with Crippen LogP contribution in [0.25, 0.3) is 11.2 Å². The van der Waals surface area contributed by atoms with Gasteiger partial charge in [0.25, 0.3) is 0 Å². The molecule has 0 fully saturated rings. The van der Waals surface area contributed by atoms with Gasteiger partial charge >= 0.3 is 0 Å². The van der Waals surface area contributed by atoms with Crippen molar-refractivity contribution >= 4 is 28.7 Å². The van der Waals surface area contributed by atoms with Gasteiger partial charge in [-0.25, -0.2) is 15.0 Å². The zero-order chi connectivity index (χ0) is 12.3. The van der Waals surface area contributed by atoms with Crippen LogP contribution in [-0.2, 0) is 11.5 Å². The van der Waals surface area contributed by atoms with E-state index in [-0.39, 0.29) is 19.9 Å². The monoisotopic (exact) mass is 255 g/mol. The third-order valence-corrected chi connectivity index (χ3v) is 2.67. The number of hydrogen-bond donors (Lipinski definition) is 2. The maximum atomic E-state index is 8.64. The van der Waals surface area contributed by atoms with E-state index < -0.39 is 0 Å². The summed E-state index contributed by atoms with van der Waals surface area (Å²) in [5.41, 5.74) is 6.98. The molecule has 7 nitrogen and oxygen atoms in total. The minimum atomic E-state index is -0.0141. The van der Waals surface area contributed by atoms with Gasteiger partial charge in [0.15, 0.2) is 16.6 Å². The Hall–Kier alpha value is -1.38. The number of ether oxygens (including phenoxy) is 1. The molecule has 0 radical (unpaired) electrons. The molecule has 8 heteroatoms.